The summed E-state index contributed by atoms with van der Waals surface area (Å²) in [5.41, 5.74) is 2.80. The van der Waals surface area contributed by atoms with Crippen LogP contribution < -0.4 is 4.74 Å². The molecule has 0 aliphatic heterocycles. The number of ether oxygens (including phenoxy) is 1. The van der Waals surface area contributed by atoms with Gasteiger partial charge in [-0.3, -0.25) is 0 Å². The highest BCUT2D eigenvalue weighted by Crippen LogP contribution is 2.26. The van der Waals surface area contributed by atoms with E-state index in [1.165, 1.54) is 12.1 Å². The molecule has 0 unspecified atom stereocenters. The Kier molecular flexibility index (Phi) is 3.40. The third kappa shape index (κ3) is 2.63. The maximum atomic E-state index is 13.2. The molecule has 0 saturated heterocycles. The summed E-state index contributed by atoms with van der Waals surface area (Å²) in [4.78, 5) is 0. The van der Waals surface area contributed by atoms with Crippen LogP contribution in [0, 0.1) is 12.7 Å². The first-order chi connectivity index (χ1) is 8.20. The minimum Gasteiger partial charge on any atom is -0.468 e. The van der Waals surface area contributed by atoms with E-state index in [9.17, 15) is 4.39 Å². The van der Waals surface area contributed by atoms with Gasteiger partial charge in [0.15, 0.2) is 6.79 Å². The molecule has 0 fully saturated rings. The van der Waals surface area contributed by atoms with Crippen LogP contribution in [0.2, 0.25) is 0 Å². The first-order valence-electron chi connectivity index (χ1n) is 5.31. The lowest BCUT2D eigenvalue weighted by Crippen LogP contribution is -1.94. The van der Waals surface area contributed by atoms with Gasteiger partial charge in [-0.1, -0.05) is 18.2 Å². The van der Waals surface area contributed by atoms with E-state index in [2.05, 4.69) is 0 Å². The van der Waals surface area contributed by atoms with E-state index < -0.39 is 0 Å². The first-order valence-corrected chi connectivity index (χ1v) is 5.31. The number of rotatable bonds is 3. The third-order valence-corrected chi connectivity index (χ3v) is 2.60. The van der Waals surface area contributed by atoms with Gasteiger partial charge in [0, 0.05) is 0 Å². The highest BCUT2D eigenvalue weighted by atomic mass is 19.1. The molecular weight excluding hydrogens is 219 g/mol. The van der Waals surface area contributed by atoms with Gasteiger partial charge in [-0.2, -0.15) is 0 Å². The minimum atomic E-state index is -0.349. The van der Waals surface area contributed by atoms with Gasteiger partial charge >= 0.3 is 0 Å². The summed E-state index contributed by atoms with van der Waals surface area (Å²) < 4.78 is 18.1. The van der Waals surface area contributed by atoms with E-state index in [1.807, 2.05) is 19.1 Å². The standard InChI is InChI=1S/C14H13FO2/c1-10-2-5-12(15)8-14(10)11-3-6-13(7-4-11)17-9-16/h2-8,16H,9H2,1H3. The Morgan fingerprint density at radius 3 is 2.47 bits per heavy atom. The van der Waals surface area contributed by atoms with Gasteiger partial charge in [-0.25, -0.2) is 4.39 Å². The lowest BCUT2D eigenvalue weighted by atomic mass is 10.0. The van der Waals surface area contributed by atoms with Gasteiger partial charge in [0.05, 0.1) is 0 Å². The summed E-state index contributed by atoms with van der Waals surface area (Å²) >= 11 is 0. The van der Waals surface area contributed by atoms with Crippen molar-refractivity contribution in [2.24, 2.45) is 0 Å². The van der Waals surface area contributed by atoms with Crippen LogP contribution in [0.5, 0.6) is 5.75 Å². The Hall–Kier alpha value is -1.87. The molecule has 0 heterocycles. The van der Waals surface area contributed by atoms with Crippen LogP contribution in [0.15, 0.2) is 42.5 Å². The molecule has 0 aliphatic carbocycles. The largest absolute Gasteiger partial charge is 0.468 e. The number of aliphatic hydroxyl groups is 1. The van der Waals surface area contributed by atoms with Gasteiger partial charge < -0.3 is 9.84 Å². The van der Waals surface area contributed by atoms with E-state index in [0.717, 1.165) is 16.7 Å². The van der Waals surface area contributed by atoms with Crippen molar-refractivity contribution < 1.29 is 14.2 Å². The minimum absolute atomic E-state index is 0.249. The summed E-state index contributed by atoms with van der Waals surface area (Å²) in [6.07, 6.45) is 0. The molecule has 3 heteroatoms. The highest BCUT2D eigenvalue weighted by Gasteiger charge is 2.03. The molecule has 0 spiro atoms. The van der Waals surface area contributed by atoms with Gasteiger partial charge in [-0.05, 0) is 47.9 Å². The van der Waals surface area contributed by atoms with Crippen LogP contribution in [0.4, 0.5) is 4.39 Å². The van der Waals surface area contributed by atoms with Gasteiger partial charge in [-0.15, -0.1) is 0 Å². The maximum Gasteiger partial charge on any atom is 0.186 e. The Morgan fingerprint density at radius 1 is 1.12 bits per heavy atom. The average molecular weight is 232 g/mol. The second kappa shape index (κ2) is 4.97. The van der Waals surface area contributed by atoms with Crippen molar-refractivity contribution in [1.82, 2.24) is 0 Å². The van der Waals surface area contributed by atoms with Gasteiger partial charge in [0.2, 0.25) is 0 Å². The number of aryl methyl sites for hydroxylation is 1. The fraction of sp³-hybridized carbons (Fsp3) is 0.143. The van der Waals surface area contributed by atoms with Crippen molar-refractivity contribution in [2.75, 3.05) is 6.79 Å². The summed E-state index contributed by atoms with van der Waals surface area (Å²) in [5, 5.41) is 8.61. The van der Waals surface area contributed by atoms with Crippen LogP contribution in [0.3, 0.4) is 0 Å². The number of aliphatic hydroxyl groups excluding tert-OH is 1. The lowest BCUT2D eigenvalue weighted by molar-refractivity contribution is 0.0985. The highest BCUT2D eigenvalue weighted by molar-refractivity contribution is 5.67. The SMILES string of the molecule is Cc1ccc(F)cc1-c1ccc(OCO)cc1. The molecule has 0 radical (unpaired) electrons. The first kappa shape index (κ1) is 11.6. The second-order valence-corrected chi connectivity index (χ2v) is 3.76. The van der Waals surface area contributed by atoms with Crippen molar-refractivity contribution in [3.05, 3.63) is 53.8 Å². The van der Waals surface area contributed by atoms with E-state index >= 15 is 0 Å². The molecule has 0 atom stereocenters. The number of hydrogen-bond acceptors (Lipinski definition) is 2. The molecule has 1 N–H and O–H groups in total. The van der Waals surface area contributed by atoms with Crippen LogP contribution in [0.1, 0.15) is 5.56 Å². The van der Waals surface area contributed by atoms with Gasteiger partial charge in [0.1, 0.15) is 11.6 Å². The van der Waals surface area contributed by atoms with Gasteiger partial charge in [0.25, 0.3) is 0 Å². The topological polar surface area (TPSA) is 29.5 Å². The summed E-state index contributed by atoms with van der Waals surface area (Å²) in [6.45, 7) is 1.59. The molecule has 17 heavy (non-hydrogen) atoms. The summed E-state index contributed by atoms with van der Waals surface area (Å²) in [5.74, 6) is 0.339. The maximum absolute atomic E-state index is 13.2. The fourth-order valence-electron chi connectivity index (χ4n) is 1.71. The Bertz CT molecular complexity index is 506. The van der Waals surface area contributed by atoms with Crippen molar-refractivity contribution in [1.29, 1.82) is 0 Å². The Morgan fingerprint density at radius 2 is 1.82 bits per heavy atom. The molecule has 0 saturated carbocycles. The predicted octanol–water partition coefficient (Wildman–Crippen LogP) is 3.13. The van der Waals surface area contributed by atoms with Crippen molar-refractivity contribution in [3.63, 3.8) is 0 Å². The van der Waals surface area contributed by atoms with E-state index in [-0.39, 0.29) is 12.6 Å². The Labute approximate surface area is 99.3 Å². The average Bonchev–Trinajstić information content (AvgIpc) is 2.34. The zero-order valence-electron chi connectivity index (χ0n) is 9.48. The third-order valence-electron chi connectivity index (χ3n) is 2.60. The molecule has 88 valence electrons. The van der Waals surface area contributed by atoms with Crippen LogP contribution >= 0.6 is 0 Å². The van der Waals surface area contributed by atoms with Crippen LogP contribution in [0.25, 0.3) is 11.1 Å². The van der Waals surface area contributed by atoms with E-state index in [0.29, 0.717) is 5.75 Å². The molecule has 2 aromatic carbocycles. The molecule has 2 rings (SSSR count). The molecule has 0 aliphatic rings. The van der Waals surface area contributed by atoms with Crippen molar-refractivity contribution in [2.45, 2.75) is 6.92 Å². The van der Waals surface area contributed by atoms with Crippen molar-refractivity contribution in [3.8, 4) is 16.9 Å². The predicted molar refractivity (Wildman–Crippen MR) is 64.3 cm³/mol. The quantitative estimate of drug-likeness (QED) is 0.824. The number of hydrogen-bond donors (Lipinski definition) is 1. The number of benzene rings is 2. The van der Waals surface area contributed by atoms with Crippen LogP contribution in [-0.4, -0.2) is 11.9 Å². The zero-order chi connectivity index (χ0) is 12.3. The fourth-order valence-corrected chi connectivity index (χ4v) is 1.71. The van der Waals surface area contributed by atoms with E-state index in [4.69, 9.17) is 9.84 Å². The van der Waals surface area contributed by atoms with E-state index in [1.54, 1.807) is 18.2 Å². The monoisotopic (exact) mass is 232 g/mol. The van der Waals surface area contributed by atoms with Crippen LogP contribution in [-0.2, 0) is 0 Å². The molecule has 0 amide bonds. The Balaban J connectivity index is 2.36. The second-order valence-electron chi connectivity index (χ2n) is 3.76. The lowest BCUT2D eigenvalue weighted by Gasteiger charge is -2.07. The zero-order valence-corrected chi connectivity index (χ0v) is 9.48. The summed E-state index contributed by atoms with van der Waals surface area (Å²) in [7, 11) is 0. The summed E-state index contributed by atoms with van der Waals surface area (Å²) in [6, 6.07) is 11.9. The molecule has 2 aromatic rings. The molecule has 0 aromatic heterocycles. The molecular formula is C14H13FO2. The molecule has 2 nitrogen and oxygen atoms in total. The normalized spacial score (nSPS) is 10.3. The number of halogens is 1. The van der Waals surface area contributed by atoms with Crippen molar-refractivity contribution >= 4 is 0 Å². The molecule has 0 bridgehead atoms. The smallest absolute Gasteiger partial charge is 0.186 e.